The van der Waals surface area contributed by atoms with Crippen LogP contribution in [0.15, 0.2) is 18.2 Å². The van der Waals surface area contributed by atoms with Crippen molar-refractivity contribution >= 4 is 23.1 Å². The second-order valence-electron chi connectivity index (χ2n) is 4.77. The molecule has 8 heteroatoms. The third-order valence-corrected chi connectivity index (χ3v) is 3.44. The summed E-state index contributed by atoms with van der Waals surface area (Å²) < 4.78 is 13.5. The monoisotopic (exact) mass is 289 g/mol. The van der Waals surface area contributed by atoms with E-state index in [4.69, 9.17) is 5.73 Å². The summed E-state index contributed by atoms with van der Waals surface area (Å²) in [7, 11) is 0. The van der Waals surface area contributed by atoms with Gasteiger partial charge in [0.25, 0.3) is 0 Å². The van der Waals surface area contributed by atoms with Gasteiger partial charge in [-0.2, -0.15) is 4.98 Å². The number of hydrogen-bond donors (Lipinski definition) is 1. The van der Waals surface area contributed by atoms with E-state index in [2.05, 4.69) is 9.97 Å². The molecule has 108 valence electrons. The SMILES string of the molecule is Cc1nc(N)nc(N2CCc3ccc(F)cc32)c1[N+](=O)[O-]. The number of fused-ring (bicyclic) bond motifs is 1. The van der Waals surface area contributed by atoms with Gasteiger partial charge in [0.05, 0.1) is 4.92 Å². The lowest BCUT2D eigenvalue weighted by molar-refractivity contribution is -0.385. The summed E-state index contributed by atoms with van der Waals surface area (Å²) >= 11 is 0. The third-order valence-electron chi connectivity index (χ3n) is 3.44. The minimum atomic E-state index is -0.540. The molecular weight excluding hydrogens is 277 g/mol. The molecule has 0 fully saturated rings. The number of hydrogen-bond acceptors (Lipinski definition) is 6. The van der Waals surface area contributed by atoms with Crippen LogP contribution in [0.1, 0.15) is 11.3 Å². The largest absolute Gasteiger partial charge is 0.368 e. The highest BCUT2D eigenvalue weighted by Gasteiger charge is 2.31. The fraction of sp³-hybridized carbons (Fsp3) is 0.231. The van der Waals surface area contributed by atoms with E-state index in [9.17, 15) is 14.5 Å². The third kappa shape index (κ3) is 2.14. The maximum absolute atomic E-state index is 13.5. The van der Waals surface area contributed by atoms with Crippen LogP contribution < -0.4 is 10.6 Å². The minimum Gasteiger partial charge on any atom is -0.368 e. The standard InChI is InChI=1S/C13H12FN5O2/c1-7-11(19(20)21)12(17-13(15)16-7)18-5-4-8-2-3-9(14)6-10(8)18/h2-3,6H,4-5H2,1H3,(H2,15,16,17). The number of aryl methyl sites for hydroxylation is 1. The van der Waals surface area contributed by atoms with Crippen molar-refractivity contribution in [2.75, 3.05) is 17.2 Å². The van der Waals surface area contributed by atoms with E-state index in [0.29, 0.717) is 18.7 Å². The first kappa shape index (κ1) is 13.2. The fourth-order valence-electron chi connectivity index (χ4n) is 2.55. The highest BCUT2D eigenvalue weighted by molar-refractivity contribution is 5.74. The molecule has 1 aromatic heterocycles. The average molecular weight is 289 g/mol. The molecule has 3 rings (SSSR count). The molecule has 0 unspecified atom stereocenters. The lowest BCUT2D eigenvalue weighted by atomic mass is 10.2. The van der Waals surface area contributed by atoms with Crippen LogP contribution in [0, 0.1) is 22.9 Å². The van der Waals surface area contributed by atoms with Crippen LogP contribution in [0.25, 0.3) is 0 Å². The van der Waals surface area contributed by atoms with Gasteiger partial charge in [0.15, 0.2) is 0 Å². The van der Waals surface area contributed by atoms with Gasteiger partial charge < -0.3 is 10.6 Å². The maximum Gasteiger partial charge on any atom is 0.333 e. The van der Waals surface area contributed by atoms with Crippen molar-refractivity contribution in [1.82, 2.24) is 9.97 Å². The van der Waals surface area contributed by atoms with E-state index in [-0.39, 0.29) is 23.1 Å². The molecule has 0 spiro atoms. The molecule has 7 nitrogen and oxygen atoms in total. The van der Waals surface area contributed by atoms with Gasteiger partial charge in [0.2, 0.25) is 11.8 Å². The highest BCUT2D eigenvalue weighted by Crippen LogP contribution is 2.39. The van der Waals surface area contributed by atoms with Gasteiger partial charge in [-0.3, -0.25) is 10.1 Å². The number of aromatic nitrogens is 2. The lowest BCUT2D eigenvalue weighted by Gasteiger charge is -2.18. The molecule has 0 bridgehead atoms. The van der Waals surface area contributed by atoms with Crippen LogP contribution in [0.4, 0.5) is 27.5 Å². The minimum absolute atomic E-state index is 0.0436. The van der Waals surface area contributed by atoms with E-state index >= 15 is 0 Å². The van der Waals surface area contributed by atoms with Crippen molar-refractivity contribution in [3.05, 3.63) is 45.4 Å². The second kappa shape index (κ2) is 4.65. The highest BCUT2D eigenvalue weighted by atomic mass is 19.1. The molecule has 1 aliphatic rings. The molecule has 2 aromatic rings. The summed E-state index contributed by atoms with van der Waals surface area (Å²) in [5, 5.41) is 11.3. The lowest BCUT2D eigenvalue weighted by Crippen LogP contribution is -2.18. The van der Waals surface area contributed by atoms with Gasteiger partial charge in [0.1, 0.15) is 11.5 Å². The van der Waals surface area contributed by atoms with Crippen LogP contribution in [-0.2, 0) is 6.42 Å². The predicted octanol–water partition coefficient (Wildman–Crippen LogP) is 2.11. The molecule has 0 atom stereocenters. The summed E-state index contributed by atoms with van der Waals surface area (Å²) in [5.74, 6) is -0.339. The molecule has 0 radical (unpaired) electrons. The fourth-order valence-corrected chi connectivity index (χ4v) is 2.55. The number of nitro groups is 1. The molecule has 21 heavy (non-hydrogen) atoms. The van der Waals surface area contributed by atoms with E-state index in [0.717, 1.165) is 5.56 Å². The summed E-state index contributed by atoms with van der Waals surface area (Å²) in [4.78, 5) is 20.2. The maximum atomic E-state index is 13.5. The van der Waals surface area contributed by atoms with Crippen molar-refractivity contribution in [2.24, 2.45) is 0 Å². The molecule has 0 aliphatic carbocycles. The van der Waals surface area contributed by atoms with Crippen molar-refractivity contribution in [1.29, 1.82) is 0 Å². The van der Waals surface area contributed by atoms with E-state index in [1.165, 1.54) is 19.1 Å². The Bertz CT molecular complexity index is 750. The second-order valence-corrected chi connectivity index (χ2v) is 4.77. The molecule has 1 aliphatic heterocycles. The number of anilines is 3. The van der Waals surface area contributed by atoms with Gasteiger partial charge in [-0.05, 0) is 31.0 Å². The van der Waals surface area contributed by atoms with Crippen molar-refractivity contribution < 1.29 is 9.31 Å². The number of halogens is 1. The van der Waals surface area contributed by atoms with E-state index in [1.54, 1.807) is 11.0 Å². The summed E-state index contributed by atoms with van der Waals surface area (Å²) in [6.45, 7) is 1.98. The normalized spacial score (nSPS) is 13.3. The molecule has 0 saturated carbocycles. The number of benzene rings is 1. The smallest absolute Gasteiger partial charge is 0.333 e. The summed E-state index contributed by atoms with van der Waals surface area (Å²) in [5.41, 5.74) is 7.08. The van der Waals surface area contributed by atoms with Gasteiger partial charge >= 0.3 is 5.69 Å². The predicted molar refractivity (Wildman–Crippen MR) is 74.9 cm³/mol. The first-order valence-corrected chi connectivity index (χ1v) is 6.32. The zero-order valence-electron chi connectivity index (χ0n) is 11.2. The molecule has 0 amide bonds. The summed E-state index contributed by atoms with van der Waals surface area (Å²) in [6.07, 6.45) is 0.662. The Kier molecular flexibility index (Phi) is 2.93. The molecule has 1 aromatic carbocycles. The Hall–Kier alpha value is -2.77. The zero-order valence-corrected chi connectivity index (χ0v) is 11.2. The Morgan fingerprint density at radius 3 is 2.90 bits per heavy atom. The van der Waals surface area contributed by atoms with Gasteiger partial charge in [-0.25, -0.2) is 9.37 Å². The Morgan fingerprint density at radius 2 is 2.19 bits per heavy atom. The quantitative estimate of drug-likeness (QED) is 0.671. The number of nitrogens with zero attached hydrogens (tertiary/aromatic N) is 4. The van der Waals surface area contributed by atoms with Crippen molar-refractivity contribution in [3.63, 3.8) is 0 Å². The molecule has 2 heterocycles. The van der Waals surface area contributed by atoms with Crippen LogP contribution in [-0.4, -0.2) is 21.4 Å². The van der Waals surface area contributed by atoms with Crippen LogP contribution in [0.5, 0.6) is 0 Å². The first-order valence-electron chi connectivity index (χ1n) is 6.32. The number of rotatable bonds is 2. The van der Waals surface area contributed by atoms with Crippen LogP contribution >= 0.6 is 0 Å². The Morgan fingerprint density at radius 1 is 1.43 bits per heavy atom. The Labute approximate surface area is 119 Å². The zero-order chi connectivity index (χ0) is 15.1. The van der Waals surface area contributed by atoms with Gasteiger partial charge in [0, 0.05) is 12.2 Å². The van der Waals surface area contributed by atoms with Gasteiger partial charge in [-0.1, -0.05) is 6.07 Å². The average Bonchev–Trinajstić information content (AvgIpc) is 2.79. The number of nitrogens with two attached hydrogens (primary N) is 1. The molecular formula is C13H12FN5O2. The van der Waals surface area contributed by atoms with Crippen LogP contribution in [0.2, 0.25) is 0 Å². The number of nitrogen functional groups attached to an aromatic ring is 1. The topological polar surface area (TPSA) is 98.2 Å². The van der Waals surface area contributed by atoms with Gasteiger partial charge in [-0.15, -0.1) is 0 Å². The Balaban J connectivity index is 2.19. The summed E-state index contributed by atoms with van der Waals surface area (Å²) in [6, 6.07) is 4.39. The van der Waals surface area contributed by atoms with Crippen molar-refractivity contribution in [2.45, 2.75) is 13.3 Å². The molecule has 0 saturated heterocycles. The van der Waals surface area contributed by atoms with E-state index < -0.39 is 10.7 Å². The van der Waals surface area contributed by atoms with Crippen LogP contribution in [0.3, 0.4) is 0 Å². The molecule has 2 N–H and O–H groups in total. The van der Waals surface area contributed by atoms with E-state index in [1.807, 2.05) is 0 Å². The van der Waals surface area contributed by atoms with Crippen molar-refractivity contribution in [3.8, 4) is 0 Å². The first-order chi connectivity index (χ1) is 9.97.